The molecule has 14 heavy (non-hydrogen) atoms. The highest BCUT2D eigenvalue weighted by Gasteiger charge is 2.03. The Morgan fingerprint density at radius 3 is 3.07 bits per heavy atom. The predicted octanol–water partition coefficient (Wildman–Crippen LogP) is 1.06. The number of nitrogens with zero attached hydrogens (tertiary/aromatic N) is 3. The fourth-order valence-corrected chi connectivity index (χ4v) is 1.21. The van der Waals surface area contributed by atoms with E-state index in [4.69, 9.17) is 5.11 Å². The van der Waals surface area contributed by atoms with Gasteiger partial charge in [0.05, 0.1) is 18.0 Å². The van der Waals surface area contributed by atoms with Crippen molar-refractivity contribution < 1.29 is 9.90 Å². The summed E-state index contributed by atoms with van der Waals surface area (Å²) in [5, 5.41) is 10.7. The van der Waals surface area contributed by atoms with E-state index in [0.29, 0.717) is 5.82 Å². The Morgan fingerprint density at radius 2 is 2.36 bits per heavy atom. The van der Waals surface area contributed by atoms with Gasteiger partial charge in [-0.2, -0.15) is 0 Å². The minimum Gasteiger partial charge on any atom is -0.465 e. The van der Waals surface area contributed by atoms with E-state index < -0.39 is 6.09 Å². The molecule has 0 spiro atoms. The summed E-state index contributed by atoms with van der Waals surface area (Å²) in [6.45, 7) is 0. The third-order valence-corrected chi connectivity index (χ3v) is 1.85. The van der Waals surface area contributed by atoms with Gasteiger partial charge < -0.3 is 9.67 Å². The molecule has 2 N–H and O–H groups in total. The van der Waals surface area contributed by atoms with Gasteiger partial charge in [-0.05, 0) is 0 Å². The van der Waals surface area contributed by atoms with Crippen molar-refractivity contribution in [3.8, 4) is 0 Å². The van der Waals surface area contributed by atoms with Crippen molar-refractivity contribution in [1.29, 1.82) is 0 Å². The molecule has 0 saturated carbocycles. The molecule has 0 aliphatic carbocycles. The van der Waals surface area contributed by atoms with E-state index in [1.54, 1.807) is 17.0 Å². The molecule has 0 saturated heterocycles. The number of anilines is 1. The first kappa shape index (κ1) is 8.49. The molecule has 0 aromatic carbocycles. The zero-order chi connectivity index (χ0) is 10.1. The molecule has 0 fully saturated rings. The van der Waals surface area contributed by atoms with Gasteiger partial charge in [0.2, 0.25) is 0 Å². The molecule has 0 radical (unpaired) electrons. The van der Waals surface area contributed by atoms with Crippen molar-refractivity contribution in [1.82, 2.24) is 14.5 Å². The zero-order valence-corrected chi connectivity index (χ0v) is 7.43. The number of carbonyl (C=O) groups is 1. The largest absolute Gasteiger partial charge is 0.465 e. The number of carboxylic acid groups (broad SMARTS) is 1. The van der Waals surface area contributed by atoms with Gasteiger partial charge in [-0.1, -0.05) is 0 Å². The highest BCUT2D eigenvalue weighted by atomic mass is 16.4. The Bertz CT molecular complexity index is 491. The standard InChI is InChI=1S/C8H8N4O2/c1-12-4-10-5-3-9-7(2-6(5)12)11-8(13)14/h2-4H,1H3,(H,9,11)(H,13,14). The van der Waals surface area contributed by atoms with Gasteiger partial charge in [0, 0.05) is 13.1 Å². The predicted molar refractivity (Wildman–Crippen MR) is 50.2 cm³/mol. The first-order chi connectivity index (χ1) is 6.66. The van der Waals surface area contributed by atoms with Crippen LogP contribution < -0.4 is 5.32 Å². The number of fused-ring (bicyclic) bond motifs is 1. The van der Waals surface area contributed by atoms with E-state index in [1.807, 2.05) is 7.05 Å². The van der Waals surface area contributed by atoms with Crippen molar-refractivity contribution in [2.24, 2.45) is 7.05 Å². The molecule has 6 heteroatoms. The second-order valence-corrected chi connectivity index (χ2v) is 2.84. The lowest BCUT2D eigenvalue weighted by atomic mass is 10.4. The molecule has 0 atom stereocenters. The van der Waals surface area contributed by atoms with Gasteiger partial charge in [-0.3, -0.25) is 5.32 Å². The molecule has 72 valence electrons. The molecule has 2 rings (SSSR count). The summed E-state index contributed by atoms with van der Waals surface area (Å²) in [4.78, 5) is 18.3. The second kappa shape index (κ2) is 2.99. The highest BCUT2D eigenvalue weighted by molar-refractivity contribution is 5.85. The monoisotopic (exact) mass is 192 g/mol. The van der Waals surface area contributed by atoms with Crippen molar-refractivity contribution in [2.75, 3.05) is 5.32 Å². The smallest absolute Gasteiger partial charge is 0.410 e. The minimum atomic E-state index is -1.13. The SMILES string of the molecule is Cn1cnc2cnc(NC(=O)O)cc21. The van der Waals surface area contributed by atoms with Crippen LogP contribution in [0.4, 0.5) is 10.6 Å². The topological polar surface area (TPSA) is 80.0 Å². The van der Waals surface area contributed by atoms with Crippen molar-refractivity contribution >= 4 is 22.9 Å². The van der Waals surface area contributed by atoms with E-state index in [-0.39, 0.29) is 0 Å². The van der Waals surface area contributed by atoms with Crippen molar-refractivity contribution in [2.45, 2.75) is 0 Å². The second-order valence-electron chi connectivity index (χ2n) is 2.84. The van der Waals surface area contributed by atoms with E-state index in [2.05, 4.69) is 15.3 Å². The number of aromatic nitrogens is 3. The lowest BCUT2D eigenvalue weighted by molar-refractivity contribution is 0.209. The quantitative estimate of drug-likeness (QED) is 0.707. The molecule has 0 unspecified atom stereocenters. The Labute approximate surface area is 79.2 Å². The summed E-state index contributed by atoms with van der Waals surface area (Å²) in [5.74, 6) is 0.300. The van der Waals surface area contributed by atoms with Crippen LogP contribution in [-0.2, 0) is 7.05 Å². The summed E-state index contributed by atoms with van der Waals surface area (Å²) in [6.07, 6.45) is 2.05. The van der Waals surface area contributed by atoms with Crippen LogP contribution >= 0.6 is 0 Å². The average Bonchev–Trinajstić information content (AvgIpc) is 2.47. The number of hydrogen-bond donors (Lipinski definition) is 2. The molecule has 0 aliphatic rings. The normalized spacial score (nSPS) is 10.4. The molecule has 1 amide bonds. The van der Waals surface area contributed by atoms with Gasteiger partial charge in [0.1, 0.15) is 11.3 Å². The van der Waals surface area contributed by atoms with E-state index in [1.165, 1.54) is 6.20 Å². The fraction of sp³-hybridized carbons (Fsp3) is 0.125. The summed E-state index contributed by atoms with van der Waals surface area (Å²) < 4.78 is 1.80. The number of nitrogens with one attached hydrogen (secondary N) is 1. The molecular formula is C8H8N4O2. The van der Waals surface area contributed by atoms with Crippen LogP contribution in [0.1, 0.15) is 0 Å². The molecule has 0 aliphatic heterocycles. The molecule has 2 aromatic rings. The van der Waals surface area contributed by atoms with Crippen LogP contribution in [0.3, 0.4) is 0 Å². The maximum absolute atomic E-state index is 10.4. The first-order valence-corrected chi connectivity index (χ1v) is 3.94. The Kier molecular flexibility index (Phi) is 1.81. The third kappa shape index (κ3) is 1.37. The molecular weight excluding hydrogens is 184 g/mol. The molecule has 2 heterocycles. The summed E-state index contributed by atoms with van der Waals surface area (Å²) in [6, 6.07) is 1.64. The van der Waals surface area contributed by atoms with Gasteiger partial charge in [-0.25, -0.2) is 14.8 Å². The number of imidazole rings is 1. The summed E-state index contributed by atoms with van der Waals surface area (Å²) in [5.41, 5.74) is 1.58. The molecule has 2 aromatic heterocycles. The van der Waals surface area contributed by atoms with Crippen LogP contribution in [0.15, 0.2) is 18.6 Å². The Morgan fingerprint density at radius 1 is 1.57 bits per heavy atom. The number of hydrogen-bond acceptors (Lipinski definition) is 3. The van der Waals surface area contributed by atoms with Crippen LogP contribution in [0.5, 0.6) is 0 Å². The number of amides is 1. The number of aryl methyl sites for hydroxylation is 1. The van der Waals surface area contributed by atoms with Gasteiger partial charge in [0.25, 0.3) is 0 Å². The number of pyridine rings is 1. The van der Waals surface area contributed by atoms with E-state index in [0.717, 1.165) is 11.0 Å². The van der Waals surface area contributed by atoms with Crippen molar-refractivity contribution in [3.63, 3.8) is 0 Å². The summed E-state index contributed by atoms with van der Waals surface area (Å²) in [7, 11) is 1.83. The third-order valence-electron chi connectivity index (χ3n) is 1.85. The maximum atomic E-state index is 10.4. The van der Waals surface area contributed by atoms with Gasteiger partial charge in [0.15, 0.2) is 0 Å². The first-order valence-electron chi connectivity index (χ1n) is 3.94. The van der Waals surface area contributed by atoms with Crippen LogP contribution in [0.25, 0.3) is 11.0 Å². The van der Waals surface area contributed by atoms with Gasteiger partial charge >= 0.3 is 6.09 Å². The Balaban J connectivity index is 2.49. The summed E-state index contributed by atoms with van der Waals surface area (Å²) >= 11 is 0. The fourth-order valence-electron chi connectivity index (χ4n) is 1.21. The molecule has 6 nitrogen and oxygen atoms in total. The number of rotatable bonds is 1. The Hall–Kier alpha value is -2.11. The average molecular weight is 192 g/mol. The maximum Gasteiger partial charge on any atom is 0.410 e. The van der Waals surface area contributed by atoms with E-state index >= 15 is 0 Å². The van der Waals surface area contributed by atoms with Crippen LogP contribution in [0.2, 0.25) is 0 Å². The zero-order valence-electron chi connectivity index (χ0n) is 7.43. The molecule has 0 bridgehead atoms. The van der Waals surface area contributed by atoms with Gasteiger partial charge in [-0.15, -0.1) is 0 Å². The minimum absolute atomic E-state index is 0.300. The van der Waals surface area contributed by atoms with Crippen LogP contribution in [-0.4, -0.2) is 25.7 Å². The lowest BCUT2D eigenvalue weighted by Crippen LogP contribution is -2.08. The lowest BCUT2D eigenvalue weighted by Gasteiger charge is -1.99. The highest BCUT2D eigenvalue weighted by Crippen LogP contribution is 2.14. The van der Waals surface area contributed by atoms with Crippen molar-refractivity contribution in [3.05, 3.63) is 18.6 Å². The van der Waals surface area contributed by atoms with Crippen LogP contribution in [0, 0.1) is 0 Å². The van der Waals surface area contributed by atoms with E-state index in [9.17, 15) is 4.79 Å².